The second kappa shape index (κ2) is 5.36. The van der Waals surface area contributed by atoms with E-state index in [0.29, 0.717) is 13.1 Å². The molecule has 3 rings (SSSR count). The van der Waals surface area contributed by atoms with E-state index < -0.39 is 0 Å². The van der Waals surface area contributed by atoms with E-state index in [4.69, 9.17) is 0 Å². The maximum atomic E-state index is 12.5. The van der Waals surface area contributed by atoms with Crippen molar-refractivity contribution in [2.24, 2.45) is 5.92 Å². The number of aromatic amines is 1. The van der Waals surface area contributed by atoms with E-state index in [9.17, 15) is 4.79 Å². The standard InChI is InChI=1S/C15H18N4O/c1-19(10-14-16-6-7-17-14)15(20)12-8-11-4-2-3-5-13(11)18-9-12/h2-7,12,18H,8-10H2,1H3,(H,16,17). The van der Waals surface area contributed by atoms with E-state index in [0.717, 1.165) is 17.9 Å². The summed E-state index contributed by atoms with van der Waals surface area (Å²) in [6.45, 7) is 1.21. The minimum absolute atomic E-state index is 0.00939. The van der Waals surface area contributed by atoms with Gasteiger partial charge in [0.05, 0.1) is 12.5 Å². The fourth-order valence-electron chi connectivity index (χ4n) is 2.61. The van der Waals surface area contributed by atoms with Crippen molar-refractivity contribution in [2.75, 3.05) is 18.9 Å². The number of benzene rings is 1. The number of amides is 1. The Kier molecular flexibility index (Phi) is 3.41. The van der Waals surface area contributed by atoms with Crippen molar-refractivity contribution in [1.29, 1.82) is 0 Å². The lowest BCUT2D eigenvalue weighted by Gasteiger charge is -2.28. The smallest absolute Gasteiger partial charge is 0.227 e. The van der Waals surface area contributed by atoms with Crippen molar-refractivity contribution in [3.63, 3.8) is 0 Å². The number of para-hydroxylation sites is 1. The van der Waals surface area contributed by atoms with Gasteiger partial charge in [-0.15, -0.1) is 0 Å². The Morgan fingerprint density at radius 1 is 1.45 bits per heavy atom. The molecule has 1 aromatic heterocycles. The van der Waals surface area contributed by atoms with Crippen LogP contribution < -0.4 is 5.32 Å². The molecular weight excluding hydrogens is 252 g/mol. The molecule has 2 aromatic rings. The van der Waals surface area contributed by atoms with Crippen LogP contribution in [0.5, 0.6) is 0 Å². The second-order valence-corrected chi connectivity index (χ2v) is 5.17. The zero-order valence-electron chi connectivity index (χ0n) is 11.5. The predicted octanol–water partition coefficient (Wildman–Crippen LogP) is 1.65. The van der Waals surface area contributed by atoms with Crippen molar-refractivity contribution in [2.45, 2.75) is 13.0 Å². The number of imidazole rings is 1. The van der Waals surface area contributed by atoms with Gasteiger partial charge in [-0.05, 0) is 18.1 Å². The van der Waals surface area contributed by atoms with Gasteiger partial charge in [0.1, 0.15) is 5.82 Å². The fourth-order valence-corrected chi connectivity index (χ4v) is 2.61. The van der Waals surface area contributed by atoms with E-state index in [1.54, 1.807) is 17.3 Å². The van der Waals surface area contributed by atoms with E-state index >= 15 is 0 Å². The first-order valence-electron chi connectivity index (χ1n) is 6.79. The number of aromatic nitrogens is 2. The molecule has 2 heterocycles. The number of anilines is 1. The molecular formula is C15H18N4O. The van der Waals surface area contributed by atoms with E-state index in [1.165, 1.54) is 5.56 Å². The van der Waals surface area contributed by atoms with Crippen molar-refractivity contribution in [3.8, 4) is 0 Å². The van der Waals surface area contributed by atoms with Gasteiger partial charge in [-0.25, -0.2) is 4.98 Å². The highest BCUT2D eigenvalue weighted by Gasteiger charge is 2.26. The van der Waals surface area contributed by atoms with Crippen LogP contribution in [0.25, 0.3) is 0 Å². The number of carbonyl (C=O) groups excluding carboxylic acids is 1. The van der Waals surface area contributed by atoms with Crippen LogP contribution in [0.2, 0.25) is 0 Å². The lowest BCUT2D eigenvalue weighted by molar-refractivity contribution is -0.134. The fraction of sp³-hybridized carbons (Fsp3) is 0.333. The van der Waals surface area contributed by atoms with Crippen LogP contribution in [0.3, 0.4) is 0 Å². The monoisotopic (exact) mass is 270 g/mol. The summed E-state index contributed by atoms with van der Waals surface area (Å²) in [5, 5.41) is 3.34. The van der Waals surface area contributed by atoms with Crippen molar-refractivity contribution < 1.29 is 4.79 Å². The first-order chi connectivity index (χ1) is 9.74. The number of nitrogens with one attached hydrogen (secondary N) is 2. The average Bonchev–Trinajstić information content (AvgIpc) is 2.99. The van der Waals surface area contributed by atoms with E-state index in [2.05, 4.69) is 27.4 Å². The van der Waals surface area contributed by atoms with Crippen LogP contribution in [0, 0.1) is 5.92 Å². The van der Waals surface area contributed by atoms with E-state index in [1.807, 2.05) is 19.2 Å². The summed E-state index contributed by atoms with van der Waals surface area (Å²) in [4.78, 5) is 21.4. The molecule has 1 atom stereocenters. The summed E-state index contributed by atoms with van der Waals surface area (Å²) in [6, 6.07) is 8.16. The third kappa shape index (κ3) is 2.52. The molecule has 20 heavy (non-hydrogen) atoms. The van der Waals surface area contributed by atoms with Gasteiger partial charge in [0.2, 0.25) is 5.91 Å². The van der Waals surface area contributed by atoms with Crippen LogP contribution in [-0.4, -0.2) is 34.4 Å². The molecule has 0 spiro atoms. The molecule has 0 radical (unpaired) electrons. The third-order valence-electron chi connectivity index (χ3n) is 3.69. The first-order valence-corrected chi connectivity index (χ1v) is 6.79. The lowest BCUT2D eigenvalue weighted by atomic mass is 9.93. The molecule has 2 N–H and O–H groups in total. The van der Waals surface area contributed by atoms with Gasteiger partial charge < -0.3 is 15.2 Å². The number of rotatable bonds is 3. The van der Waals surface area contributed by atoms with Gasteiger partial charge in [0.25, 0.3) is 0 Å². The molecule has 1 aliphatic heterocycles. The van der Waals surface area contributed by atoms with Gasteiger partial charge in [-0.1, -0.05) is 18.2 Å². The third-order valence-corrected chi connectivity index (χ3v) is 3.69. The number of hydrogen-bond acceptors (Lipinski definition) is 3. The maximum Gasteiger partial charge on any atom is 0.227 e. The first kappa shape index (κ1) is 12.7. The van der Waals surface area contributed by atoms with Gasteiger partial charge >= 0.3 is 0 Å². The number of H-pyrrole nitrogens is 1. The van der Waals surface area contributed by atoms with Crippen LogP contribution in [0.4, 0.5) is 5.69 Å². The normalized spacial score (nSPS) is 17.1. The minimum atomic E-state index is -0.00939. The van der Waals surface area contributed by atoms with Gasteiger partial charge in [0.15, 0.2) is 0 Å². The molecule has 104 valence electrons. The van der Waals surface area contributed by atoms with Gasteiger partial charge in [-0.2, -0.15) is 0 Å². The summed E-state index contributed by atoms with van der Waals surface area (Å²) in [6.07, 6.45) is 4.27. The second-order valence-electron chi connectivity index (χ2n) is 5.17. The van der Waals surface area contributed by atoms with Crippen molar-refractivity contribution in [3.05, 3.63) is 48.0 Å². The summed E-state index contributed by atoms with van der Waals surface area (Å²) in [5.74, 6) is 0.957. The Morgan fingerprint density at radius 2 is 2.30 bits per heavy atom. The Bertz CT molecular complexity index is 594. The van der Waals surface area contributed by atoms with Crippen LogP contribution >= 0.6 is 0 Å². The highest BCUT2D eigenvalue weighted by molar-refractivity contribution is 5.80. The SMILES string of the molecule is CN(Cc1ncc[nH]1)C(=O)C1CNc2ccccc2C1. The molecule has 1 aromatic carbocycles. The summed E-state index contributed by atoms with van der Waals surface area (Å²) < 4.78 is 0. The Hall–Kier alpha value is -2.30. The quantitative estimate of drug-likeness (QED) is 0.891. The molecule has 1 unspecified atom stereocenters. The van der Waals surface area contributed by atoms with Crippen molar-refractivity contribution >= 4 is 11.6 Å². The van der Waals surface area contributed by atoms with Crippen molar-refractivity contribution in [1.82, 2.24) is 14.9 Å². The molecule has 5 nitrogen and oxygen atoms in total. The highest BCUT2D eigenvalue weighted by atomic mass is 16.2. The Labute approximate surface area is 118 Å². The van der Waals surface area contributed by atoms with Gasteiger partial charge in [-0.3, -0.25) is 4.79 Å². The van der Waals surface area contributed by atoms with Crippen LogP contribution in [0.15, 0.2) is 36.7 Å². The molecule has 0 saturated carbocycles. The molecule has 0 aliphatic carbocycles. The summed E-state index contributed by atoms with van der Waals surface area (Å²) >= 11 is 0. The predicted molar refractivity (Wildman–Crippen MR) is 77.2 cm³/mol. The molecule has 1 amide bonds. The van der Waals surface area contributed by atoms with Crippen LogP contribution in [-0.2, 0) is 17.8 Å². The largest absolute Gasteiger partial charge is 0.384 e. The topological polar surface area (TPSA) is 61.0 Å². The highest BCUT2D eigenvalue weighted by Crippen LogP contribution is 2.25. The number of carbonyl (C=O) groups is 1. The Balaban J connectivity index is 1.66. The molecule has 0 fully saturated rings. The minimum Gasteiger partial charge on any atom is -0.384 e. The average molecular weight is 270 g/mol. The van der Waals surface area contributed by atoms with Gasteiger partial charge in [0, 0.05) is 31.7 Å². The molecule has 5 heteroatoms. The maximum absolute atomic E-state index is 12.5. The molecule has 0 saturated heterocycles. The number of nitrogens with zero attached hydrogens (tertiary/aromatic N) is 2. The van der Waals surface area contributed by atoms with Crippen LogP contribution in [0.1, 0.15) is 11.4 Å². The molecule has 0 bridgehead atoms. The zero-order chi connectivity index (χ0) is 13.9. The summed E-state index contributed by atoms with van der Waals surface area (Å²) in [5.41, 5.74) is 2.36. The number of hydrogen-bond donors (Lipinski definition) is 2. The zero-order valence-corrected chi connectivity index (χ0v) is 11.5. The summed E-state index contributed by atoms with van der Waals surface area (Å²) in [7, 11) is 1.82. The molecule has 1 aliphatic rings. The van der Waals surface area contributed by atoms with E-state index in [-0.39, 0.29) is 11.8 Å². The lowest BCUT2D eigenvalue weighted by Crippen LogP contribution is -2.39. The number of fused-ring (bicyclic) bond motifs is 1. The Morgan fingerprint density at radius 3 is 3.10 bits per heavy atom.